The van der Waals surface area contributed by atoms with Crippen molar-refractivity contribution in [2.24, 2.45) is 5.73 Å². The second-order valence-electron chi connectivity index (χ2n) is 3.92. The van der Waals surface area contributed by atoms with E-state index < -0.39 is 0 Å². The molecule has 0 aliphatic carbocycles. The Morgan fingerprint density at radius 2 is 2.43 bits per heavy atom. The molecule has 0 saturated carbocycles. The van der Waals surface area contributed by atoms with Gasteiger partial charge in [-0.2, -0.15) is 0 Å². The third kappa shape index (κ3) is 3.19. The monoisotopic (exact) mass is 216 g/mol. The van der Waals surface area contributed by atoms with Crippen molar-refractivity contribution in [2.75, 3.05) is 20.3 Å². The van der Waals surface area contributed by atoms with E-state index in [1.54, 1.807) is 0 Å². The van der Waals surface area contributed by atoms with E-state index >= 15 is 0 Å². The first-order valence-corrected chi connectivity index (χ1v) is 5.64. The zero-order chi connectivity index (χ0) is 10.6. The van der Waals surface area contributed by atoms with E-state index in [0.717, 1.165) is 32.5 Å². The van der Waals surface area contributed by atoms with Crippen molar-refractivity contribution in [1.29, 1.82) is 0 Å². The van der Waals surface area contributed by atoms with E-state index in [-0.39, 0.29) is 0 Å². The molecule has 0 bridgehead atoms. The Hall–Kier alpha value is -0.190. The van der Waals surface area contributed by atoms with Crippen molar-refractivity contribution < 1.29 is 4.74 Å². The summed E-state index contributed by atoms with van der Waals surface area (Å²) in [6, 6.07) is 1.02. The van der Waals surface area contributed by atoms with Gasteiger partial charge in [-0.3, -0.25) is 4.90 Å². The predicted molar refractivity (Wildman–Crippen MR) is 62.5 cm³/mol. The third-order valence-electron chi connectivity index (χ3n) is 2.97. The van der Waals surface area contributed by atoms with Gasteiger partial charge in [0.1, 0.15) is 0 Å². The number of thiocarbonyl (C=S) groups is 1. The summed E-state index contributed by atoms with van der Waals surface area (Å²) in [5, 5.41) is 0. The van der Waals surface area contributed by atoms with E-state index in [1.165, 1.54) is 0 Å². The lowest BCUT2D eigenvalue weighted by atomic mass is 10.1. The Morgan fingerprint density at radius 3 is 2.86 bits per heavy atom. The SMILES string of the molecule is CCC(CC(N)=S)N(C)C1CCOC1. The van der Waals surface area contributed by atoms with Crippen molar-refractivity contribution >= 4 is 17.2 Å². The van der Waals surface area contributed by atoms with Crippen LogP contribution >= 0.6 is 12.2 Å². The third-order valence-corrected chi connectivity index (χ3v) is 3.13. The second-order valence-corrected chi connectivity index (χ2v) is 4.44. The minimum Gasteiger partial charge on any atom is -0.393 e. The molecule has 1 rings (SSSR count). The van der Waals surface area contributed by atoms with Crippen molar-refractivity contribution in [3.05, 3.63) is 0 Å². The number of nitrogens with two attached hydrogens (primary N) is 1. The second kappa shape index (κ2) is 5.63. The molecule has 1 aliphatic heterocycles. The maximum Gasteiger partial charge on any atom is 0.0743 e. The molecule has 0 spiro atoms. The zero-order valence-electron chi connectivity index (χ0n) is 9.03. The van der Waals surface area contributed by atoms with Crippen LogP contribution < -0.4 is 5.73 Å². The van der Waals surface area contributed by atoms with Crippen molar-refractivity contribution in [3.8, 4) is 0 Å². The van der Waals surface area contributed by atoms with Gasteiger partial charge in [0, 0.05) is 25.1 Å². The van der Waals surface area contributed by atoms with Crippen LogP contribution in [0.25, 0.3) is 0 Å². The Balaban J connectivity index is 2.45. The molecule has 2 unspecified atom stereocenters. The molecule has 14 heavy (non-hydrogen) atoms. The molecule has 0 amide bonds. The Kier molecular flexibility index (Phi) is 4.78. The molecule has 3 nitrogen and oxygen atoms in total. The molecule has 0 aromatic carbocycles. The predicted octanol–water partition coefficient (Wildman–Crippen LogP) is 1.16. The number of ether oxygens (including phenoxy) is 1. The summed E-state index contributed by atoms with van der Waals surface area (Å²) in [6.07, 6.45) is 3.04. The van der Waals surface area contributed by atoms with Crippen molar-refractivity contribution in [1.82, 2.24) is 4.90 Å². The summed E-state index contributed by atoms with van der Waals surface area (Å²) in [4.78, 5) is 2.98. The first-order chi connectivity index (χ1) is 6.65. The molecule has 2 atom stereocenters. The lowest BCUT2D eigenvalue weighted by Crippen LogP contribution is -2.42. The van der Waals surface area contributed by atoms with Crippen LogP contribution in [0.2, 0.25) is 0 Å². The molecule has 82 valence electrons. The molecule has 1 saturated heterocycles. The standard InChI is InChI=1S/C10H20N2OS/c1-3-8(6-10(11)14)12(2)9-4-5-13-7-9/h8-9H,3-7H2,1-2H3,(H2,11,14). The van der Waals surface area contributed by atoms with Crippen LogP contribution in [0.4, 0.5) is 0 Å². The highest BCUT2D eigenvalue weighted by Gasteiger charge is 2.25. The molecule has 0 radical (unpaired) electrons. The molecular weight excluding hydrogens is 196 g/mol. The van der Waals surface area contributed by atoms with Gasteiger partial charge in [-0.1, -0.05) is 19.1 Å². The van der Waals surface area contributed by atoms with E-state index in [0.29, 0.717) is 17.1 Å². The van der Waals surface area contributed by atoms with Crippen LogP contribution in [0.1, 0.15) is 26.2 Å². The molecule has 2 N–H and O–H groups in total. The fourth-order valence-electron chi connectivity index (χ4n) is 1.95. The maximum absolute atomic E-state index is 5.58. The molecular formula is C10H20N2OS. The van der Waals surface area contributed by atoms with Gasteiger partial charge in [-0.15, -0.1) is 0 Å². The lowest BCUT2D eigenvalue weighted by molar-refractivity contribution is 0.132. The molecule has 4 heteroatoms. The average molecular weight is 216 g/mol. The summed E-state index contributed by atoms with van der Waals surface area (Å²) < 4.78 is 5.37. The first-order valence-electron chi connectivity index (χ1n) is 5.23. The Morgan fingerprint density at radius 1 is 1.71 bits per heavy atom. The average Bonchev–Trinajstić information content (AvgIpc) is 2.65. The lowest BCUT2D eigenvalue weighted by Gasteiger charge is -2.31. The highest BCUT2D eigenvalue weighted by Crippen LogP contribution is 2.17. The number of rotatable bonds is 5. The van der Waals surface area contributed by atoms with Crippen LogP contribution in [0, 0.1) is 0 Å². The largest absolute Gasteiger partial charge is 0.393 e. The van der Waals surface area contributed by atoms with Gasteiger partial charge in [0.2, 0.25) is 0 Å². The van der Waals surface area contributed by atoms with Crippen LogP contribution in [0.3, 0.4) is 0 Å². The molecule has 0 aromatic heterocycles. The summed E-state index contributed by atoms with van der Waals surface area (Å²) >= 11 is 4.95. The number of nitrogens with zero attached hydrogens (tertiary/aromatic N) is 1. The normalized spacial score (nSPS) is 24.1. The number of likely N-dealkylation sites (N-methyl/N-ethyl adjacent to an activating group) is 1. The minimum absolute atomic E-state index is 0.471. The van der Waals surface area contributed by atoms with Crippen LogP contribution in [-0.4, -0.2) is 42.2 Å². The molecule has 0 aromatic rings. The zero-order valence-corrected chi connectivity index (χ0v) is 9.85. The van der Waals surface area contributed by atoms with E-state index in [2.05, 4.69) is 18.9 Å². The summed E-state index contributed by atoms with van der Waals surface area (Å²) in [5.41, 5.74) is 5.58. The van der Waals surface area contributed by atoms with E-state index in [1.807, 2.05) is 0 Å². The van der Waals surface area contributed by atoms with Gasteiger partial charge in [-0.25, -0.2) is 0 Å². The van der Waals surface area contributed by atoms with Crippen molar-refractivity contribution in [3.63, 3.8) is 0 Å². The van der Waals surface area contributed by atoms with Gasteiger partial charge >= 0.3 is 0 Å². The van der Waals surface area contributed by atoms with Gasteiger partial charge in [0.05, 0.1) is 11.6 Å². The van der Waals surface area contributed by atoms with Gasteiger partial charge in [-0.05, 0) is 19.9 Å². The fraction of sp³-hybridized carbons (Fsp3) is 0.900. The van der Waals surface area contributed by atoms with Gasteiger partial charge in [0.15, 0.2) is 0 Å². The Labute approximate surface area is 91.6 Å². The number of hydrogen-bond acceptors (Lipinski definition) is 3. The van der Waals surface area contributed by atoms with Crippen LogP contribution in [0.5, 0.6) is 0 Å². The van der Waals surface area contributed by atoms with Crippen molar-refractivity contribution in [2.45, 2.75) is 38.3 Å². The van der Waals surface area contributed by atoms with Crippen LogP contribution in [0.15, 0.2) is 0 Å². The van der Waals surface area contributed by atoms with Crippen LogP contribution in [-0.2, 0) is 4.74 Å². The fourth-order valence-corrected chi connectivity index (χ4v) is 2.14. The molecule has 1 aliphatic rings. The highest BCUT2D eigenvalue weighted by molar-refractivity contribution is 7.80. The highest BCUT2D eigenvalue weighted by atomic mass is 32.1. The maximum atomic E-state index is 5.58. The summed E-state index contributed by atoms with van der Waals surface area (Å²) in [5.74, 6) is 0. The molecule has 1 fully saturated rings. The first kappa shape index (κ1) is 11.9. The quantitative estimate of drug-likeness (QED) is 0.700. The van der Waals surface area contributed by atoms with Gasteiger partial charge in [0.25, 0.3) is 0 Å². The minimum atomic E-state index is 0.471. The smallest absolute Gasteiger partial charge is 0.0743 e. The molecule has 1 heterocycles. The van der Waals surface area contributed by atoms with Gasteiger partial charge < -0.3 is 10.5 Å². The van der Waals surface area contributed by atoms with E-state index in [9.17, 15) is 0 Å². The summed E-state index contributed by atoms with van der Waals surface area (Å²) in [7, 11) is 2.14. The number of hydrogen-bond donors (Lipinski definition) is 1. The topological polar surface area (TPSA) is 38.5 Å². The summed E-state index contributed by atoms with van der Waals surface area (Å²) in [6.45, 7) is 3.91. The Bertz CT molecular complexity index is 193. The van der Waals surface area contributed by atoms with E-state index in [4.69, 9.17) is 22.7 Å².